The first-order chi connectivity index (χ1) is 9.31. The summed E-state index contributed by atoms with van der Waals surface area (Å²) in [5.41, 5.74) is 0. The molecule has 0 saturated heterocycles. The molecule has 6 nitrogen and oxygen atoms in total. The van der Waals surface area contributed by atoms with E-state index in [1.54, 1.807) is 19.4 Å². The molecular formula is C13H17N3O3. The van der Waals surface area contributed by atoms with Gasteiger partial charge < -0.3 is 19.2 Å². The lowest BCUT2D eigenvalue weighted by Gasteiger charge is -2.09. The van der Waals surface area contributed by atoms with Crippen molar-refractivity contribution in [3.05, 3.63) is 36.0 Å². The van der Waals surface area contributed by atoms with Gasteiger partial charge in [-0.15, -0.1) is 0 Å². The molecule has 102 valence electrons. The van der Waals surface area contributed by atoms with Gasteiger partial charge in [0, 0.05) is 13.2 Å². The van der Waals surface area contributed by atoms with E-state index >= 15 is 0 Å². The third-order valence-corrected chi connectivity index (χ3v) is 2.34. The highest BCUT2D eigenvalue weighted by atomic mass is 16.5. The Bertz CT molecular complexity index is 476. The summed E-state index contributed by atoms with van der Waals surface area (Å²) in [6.07, 6.45) is 1.64. The van der Waals surface area contributed by atoms with Crippen molar-refractivity contribution in [1.82, 2.24) is 9.97 Å². The fourth-order valence-electron chi connectivity index (χ4n) is 1.57. The van der Waals surface area contributed by atoms with Gasteiger partial charge in [0.1, 0.15) is 18.2 Å². The minimum atomic E-state index is 0.344. The molecule has 0 aliphatic rings. The van der Waals surface area contributed by atoms with Crippen molar-refractivity contribution < 1.29 is 13.9 Å². The van der Waals surface area contributed by atoms with Crippen LogP contribution in [0.5, 0.6) is 5.88 Å². The Morgan fingerprint density at radius 3 is 2.95 bits per heavy atom. The molecule has 2 aromatic heterocycles. The first-order valence-corrected chi connectivity index (χ1v) is 6.07. The molecule has 0 bridgehead atoms. The van der Waals surface area contributed by atoms with Crippen LogP contribution in [0.4, 0.5) is 5.82 Å². The Kier molecular flexibility index (Phi) is 4.74. The third kappa shape index (κ3) is 3.96. The number of methoxy groups -OCH3 is 1. The maximum atomic E-state index is 5.40. The fraction of sp³-hybridized carbons (Fsp3) is 0.385. The third-order valence-electron chi connectivity index (χ3n) is 2.34. The molecule has 2 rings (SSSR count). The van der Waals surface area contributed by atoms with Crippen molar-refractivity contribution in [2.45, 2.75) is 20.1 Å². The normalized spacial score (nSPS) is 10.4. The predicted octanol–water partition coefficient (Wildman–Crippen LogP) is 2.23. The molecule has 1 N–H and O–H groups in total. The van der Waals surface area contributed by atoms with Gasteiger partial charge in [0.25, 0.3) is 0 Å². The summed E-state index contributed by atoms with van der Waals surface area (Å²) < 4.78 is 15.7. The maximum Gasteiger partial charge on any atom is 0.218 e. The zero-order valence-corrected chi connectivity index (χ0v) is 11.0. The van der Waals surface area contributed by atoms with Crippen molar-refractivity contribution in [2.24, 2.45) is 0 Å². The van der Waals surface area contributed by atoms with Crippen LogP contribution < -0.4 is 10.1 Å². The summed E-state index contributed by atoms with van der Waals surface area (Å²) in [5.74, 6) is 2.63. The lowest BCUT2D eigenvalue weighted by atomic mass is 10.4. The second-order valence-corrected chi connectivity index (χ2v) is 3.81. The number of hydrogen-bond acceptors (Lipinski definition) is 6. The number of ether oxygens (including phenoxy) is 2. The van der Waals surface area contributed by atoms with Crippen LogP contribution >= 0.6 is 0 Å². The second kappa shape index (κ2) is 6.75. The van der Waals surface area contributed by atoms with E-state index in [1.165, 1.54) is 0 Å². The first kappa shape index (κ1) is 13.4. The summed E-state index contributed by atoms with van der Waals surface area (Å²) in [6.45, 7) is 3.37. The number of furan rings is 1. The first-order valence-electron chi connectivity index (χ1n) is 6.07. The highest BCUT2D eigenvalue weighted by Gasteiger charge is 2.06. The number of anilines is 1. The van der Waals surface area contributed by atoms with Gasteiger partial charge in [-0.2, -0.15) is 4.98 Å². The monoisotopic (exact) mass is 263 g/mol. The minimum absolute atomic E-state index is 0.344. The van der Waals surface area contributed by atoms with Gasteiger partial charge in [-0.3, -0.25) is 0 Å². The van der Waals surface area contributed by atoms with Crippen LogP contribution in [0.3, 0.4) is 0 Å². The number of nitrogens with one attached hydrogen (secondary N) is 1. The van der Waals surface area contributed by atoms with Crippen molar-refractivity contribution in [1.29, 1.82) is 0 Å². The lowest BCUT2D eigenvalue weighted by Crippen LogP contribution is -2.07. The molecule has 0 aromatic carbocycles. The Morgan fingerprint density at radius 2 is 2.26 bits per heavy atom. The quantitative estimate of drug-likeness (QED) is 0.826. The number of rotatable bonds is 7. The highest BCUT2D eigenvalue weighted by Crippen LogP contribution is 2.15. The average Bonchev–Trinajstić information content (AvgIpc) is 2.90. The van der Waals surface area contributed by atoms with Crippen molar-refractivity contribution >= 4 is 5.82 Å². The highest BCUT2D eigenvalue weighted by molar-refractivity contribution is 5.38. The number of hydrogen-bond donors (Lipinski definition) is 1. The van der Waals surface area contributed by atoms with Gasteiger partial charge in [0.05, 0.1) is 19.4 Å². The molecule has 0 aliphatic heterocycles. The largest absolute Gasteiger partial charge is 0.478 e. The number of aromatic nitrogens is 2. The second-order valence-electron chi connectivity index (χ2n) is 3.81. The van der Waals surface area contributed by atoms with Gasteiger partial charge in [0.2, 0.25) is 5.88 Å². The molecule has 0 atom stereocenters. The van der Waals surface area contributed by atoms with Crippen molar-refractivity contribution in [3.63, 3.8) is 0 Å². The SMILES string of the molecule is CCOc1cc(NCc2ccco2)nc(COC)n1. The van der Waals surface area contributed by atoms with Crippen molar-refractivity contribution in [2.75, 3.05) is 19.0 Å². The summed E-state index contributed by atoms with van der Waals surface area (Å²) in [6, 6.07) is 5.50. The summed E-state index contributed by atoms with van der Waals surface area (Å²) >= 11 is 0. The van der Waals surface area contributed by atoms with Crippen LogP contribution in [0.2, 0.25) is 0 Å². The summed E-state index contributed by atoms with van der Waals surface area (Å²) in [4.78, 5) is 8.57. The van der Waals surface area contributed by atoms with Gasteiger partial charge >= 0.3 is 0 Å². The van der Waals surface area contributed by atoms with E-state index in [0.29, 0.717) is 37.3 Å². The molecular weight excluding hydrogens is 246 g/mol. The van der Waals surface area contributed by atoms with E-state index in [9.17, 15) is 0 Å². The van der Waals surface area contributed by atoms with E-state index in [2.05, 4.69) is 15.3 Å². The van der Waals surface area contributed by atoms with Gasteiger partial charge in [0.15, 0.2) is 5.82 Å². The van der Waals surface area contributed by atoms with Gasteiger partial charge in [-0.1, -0.05) is 0 Å². The average molecular weight is 263 g/mol. The Balaban J connectivity index is 2.08. The molecule has 0 unspecified atom stereocenters. The molecule has 19 heavy (non-hydrogen) atoms. The van der Waals surface area contributed by atoms with Crippen LogP contribution in [0.15, 0.2) is 28.9 Å². The molecule has 6 heteroatoms. The standard InChI is InChI=1S/C13H17N3O3/c1-3-18-13-7-11(15-12(16-13)9-17-2)14-8-10-5-4-6-19-10/h4-7H,3,8-9H2,1-2H3,(H,14,15,16). The Labute approximate surface area is 111 Å². The zero-order valence-electron chi connectivity index (χ0n) is 11.0. The molecule has 0 radical (unpaired) electrons. The van der Waals surface area contributed by atoms with E-state index in [-0.39, 0.29) is 0 Å². The van der Waals surface area contributed by atoms with Crippen LogP contribution in [-0.2, 0) is 17.9 Å². The van der Waals surface area contributed by atoms with Crippen LogP contribution in [-0.4, -0.2) is 23.7 Å². The Hall–Kier alpha value is -2.08. The summed E-state index contributed by atoms with van der Waals surface area (Å²) in [5, 5.41) is 3.16. The molecule has 0 aliphatic carbocycles. The molecule has 0 fully saturated rings. The minimum Gasteiger partial charge on any atom is -0.478 e. The molecule has 2 aromatic rings. The van der Waals surface area contributed by atoms with E-state index < -0.39 is 0 Å². The van der Waals surface area contributed by atoms with E-state index in [4.69, 9.17) is 13.9 Å². The van der Waals surface area contributed by atoms with Gasteiger partial charge in [-0.05, 0) is 19.1 Å². The van der Waals surface area contributed by atoms with E-state index in [1.807, 2.05) is 19.1 Å². The van der Waals surface area contributed by atoms with Crippen LogP contribution in [0, 0.1) is 0 Å². The maximum absolute atomic E-state index is 5.40. The molecule has 0 spiro atoms. The summed E-state index contributed by atoms with van der Waals surface area (Å²) in [7, 11) is 1.60. The van der Waals surface area contributed by atoms with Gasteiger partial charge in [-0.25, -0.2) is 4.98 Å². The topological polar surface area (TPSA) is 69.4 Å². The van der Waals surface area contributed by atoms with Crippen molar-refractivity contribution in [3.8, 4) is 5.88 Å². The lowest BCUT2D eigenvalue weighted by molar-refractivity contribution is 0.176. The molecule has 2 heterocycles. The number of nitrogens with zero attached hydrogens (tertiary/aromatic N) is 2. The van der Waals surface area contributed by atoms with E-state index in [0.717, 1.165) is 5.76 Å². The fourth-order valence-corrected chi connectivity index (χ4v) is 1.57. The molecule has 0 amide bonds. The van der Waals surface area contributed by atoms with Crippen LogP contribution in [0.1, 0.15) is 18.5 Å². The smallest absolute Gasteiger partial charge is 0.218 e. The molecule has 0 saturated carbocycles. The zero-order chi connectivity index (χ0) is 13.5. The Morgan fingerprint density at radius 1 is 1.37 bits per heavy atom. The van der Waals surface area contributed by atoms with Crippen LogP contribution in [0.25, 0.3) is 0 Å². The predicted molar refractivity (Wildman–Crippen MR) is 69.9 cm³/mol.